The van der Waals surface area contributed by atoms with Crippen molar-refractivity contribution in [2.24, 2.45) is 5.41 Å². The summed E-state index contributed by atoms with van der Waals surface area (Å²) >= 11 is 0. The predicted octanol–water partition coefficient (Wildman–Crippen LogP) is 2.38. The maximum atomic E-state index is 11.6. The van der Waals surface area contributed by atoms with E-state index in [0.717, 1.165) is 6.42 Å². The lowest BCUT2D eigenvalue weighted by atomic mass is 9.90. The molecule has 0 atom stereocenters. The molecule has 0 N–H and O–H groups in total. The Morgan fingerprint density at radius 3 is 2.15 bits per heavy atom. The molecule has 0 aromatic carbocycles. The van der Waals surface area contributed by atoms with Gasteiger partial charge in [-0.3, -0.25) is 4.79 Å². The molecule has 0 rings (SSSR count). The van der Waals surface area contributed by atoms with Crippen LogP contribution in [0, 0.1) is 17.8 Å². The van der Waals surface area contributed by atoms with Crippen molar-refractivity contribution in [2.45, 2.75) is 46.6 Å². The van der Waals surface area contributed by atoms with Crippen LogP contribution in [-0.4, -0.2) is 11.6 Å². The van der Waals surface area contributed by atoms with Gasteiger partial charge in [-0.05, 0) is 34.1 Å². The van der Waals surface area contributed by atoms with E-state index in [1.54, 1.807) is 13.8 Å². The van der Waals surface area contributed by atoms with Crippen molar-refractivity contribution in [1.82, 2.24) is 0 Å². The van der Waals surface area contributed by atoms with Crippen molar-refractivity contribution >= 4 is 5.97 Å². The second-order valence-corrected chi connectivity index (χ2v) is 4.28. The summed E-state index contributed by atoms with van der Waals surface area (Å²) < 4.78 is 5.17. The van der Waals surface area contributed by atoms with Crippen molar-refractivity contribution < 1.29 is 9.53 Å². The lowest BCUT2D eigenvalue weighted by Crippen LogP contribution is -2.34. The first-order valence-corrected chi connectivity index (χ1v) is 4.46. The number of rotatable bonds is 3. The summed E-state index contributed by atoms with van der Waals surface area (Å²) in [5.74, 6) is 2.19. The van der Waals surface area contributed by atoms with E-state index < -0.39 is 11.0 Å². The molecule has 2 heteroatoms. The van der Waals surface area contributed by atoms with E-state index in [1.165, 1.54) is 0 Å². The van der Waals surface area contributed by atoms with Crippen LogP contribution in [0.15, 0.2) is 0 Å². The SMILES string of the molecule is C#CC(C)(C)OC(=O)C(C)(C)CC. The van der Waals surface area contributed by atoms with Crippen LogP contribution in [0.3, 0.4) is 0 Å². The van der Waals surface area contributed by atoms with Gasteiger partial charge >= 0.3 is 5.97 Å². The van der Waals surface area contributed by atoms with Crippen molar-refractivity contribution in [2.75, 3.05) is 0 Å². The van der Waals surface area contributed by atoms with Gasteiger partial charge in [0, 0.05) is 0 Å². The third kappa shape index (κ3) is 3.50. The van der Waals surface area contributed by atoms with Crippen LogP contribution >= 0.6 is 0 Å². The van der Waals surface area contributed by atoms with Crippen LogP contribution in [-0.2, 0) is 9.53 Å². The fraction of sp³-hybridized carbons (Fsp3) is 0.727. The maximum Gasteiger partial charge on any atom is 0.312 e. The summed E-state index contributed by atoms with van der Waals surface area (Å²) in [4.78, 5) is 11.6. The average molecular weight is 182 g/mol. The molecule has 0 saturated heterocycles. The number of carbonyl (C=O) groups is 1. The zero-order valence-electron chi connectivity index (χ0n) is 9.10. The van der Waals surface area contributed by atoms with Crippen LogP contribution in [0.1, 0.15) is 41.0 Å². The molecule has 0 spiro atoms. The molecule has 0 saturated carbocycles. The summed E-state index contributed by atoms with van der Waals surface area (Å²) in [5.41, 5.74) is -1.25. The molecule has 0 unspecified atom stereocenters. The summed E-state index contributed by atoms with van der Waals surface area (Å²) in [5, 5.41) is 0. The highest BCUT2D eigenvalue weighted by Gasteiger charge is 2.31. The molecular formula is C11H18O2. The molecule has 0 aromatic rings. The molecule has 2 nitrogen and oxygen atoms in total. The Morgan fingerprint density at radius 1 is 1.38 bits per heavy atom. The number of carbonyl (C=O) groups excluding carboxylic acids is 1. The summed E-state index contributed by atoms with van der Waals surface area (Å²) in [6.45, 7) is 9.06. The van der Waals surface area contributed by atoms with Gasteiger partial charge in [0.25, 0.3) is 0 Å². The minimum atomic E-state index is -0.802. The van der Waals surface area contributed by atoms with E-state index >= 15 is 0 Å². The van der Waals surface area contributed by atoms with Gasteiger partial charge in [-0.15, -0.1) is 6.42 Å². The second-order valence-electron chi connectivity index (χ2n) is 4.28. The first kappa shape index (κ1) is 12.0. The molecule has 0 amide bonds. The highest BCUT2D eigenvalue weighted by atomic mass is 16.6. The molecule has 0 heterocycles. The largest absolute Gasteiger partial charge is 0.446 e. The highest BCUT2D eigenvalue weighted by molar-refractivity contribution is 5.76. The van der Waals surface area contributed by atoms with Crippen LogP contribution in [0.2, 0.25) is 0 Å². The van der Waals surface area contributed by atoms with E-state index in [2.05, 4.69) is 5.92 Å². The first-order valence-electron chi connectivity index (χ1n) is 4.46. The lowest BCUT2D eigenvalue weighted by Gasteiger charge is -2.26. The van der Waals surface area contributed by atoms with Crippen molar-refractivity contribution in [1.29, 1.82) is 0 Å². The Balaban J connectivity index is 4.43. The second kappa shape index (κ2) is 3.83. The molecule has 0 radical (unpaired) electrons. The Bertz CT molecular complexity index is 231. The number of ether oxygens (including phenoxy) is 1. The summed E-state index contributed by atoms with van der Waals surface area (Å²) in [7, 11) is 0. The van der Waals surface area contributed by atoms with Crippen LogP contribution in [0.25, 0.3) is 0 Å². The summed E-state index contributed by atoms with van der Waals surface area (Å²) in [6.07, 6.45) is 5.95. The van der Waals surface area contributed by atoms with Crippen LogP contribution < -0.4 is 0 Å². The van der Waals surface area contributed by atoms with Gasteiger partial charge in [-0.1, -0.05) is 12.8 Å². The number of hydrogen-bond acceptors (Lipinski definition) is 2. The zero-order chi connectivity index (χ0) is 10.7. The molecular weight excluding hydrogens is 164 g/mol. The smallest absolute Gasteiger partial charge is 0.312 e. The van der Waals surface area contributed by atoms with Gasteiger partial charge in [0.1, 0.15) is 0 Å². The van der Waals surface area contributed by atoms with Gasteiger partial charge in [0.2, 0.25) is 0 Å². The van der Waals surface area contributed by atoms with E-state index in [1.807, 2.05) is 20.8 Å². The minimum absolute atomic E-state index is 0.238. The van der Waals surface area contributed by atoms with E-state index in [-0.39, 0.29) is 5.97 Å². The van der Waals surface area contributed by atoms with Crippen molar-refractivity contribution in [3.05, 3.63) is 0 Å². The van der Waals surface area contributed by atoms with Crippen molar-refractivity contribution in [3.63, 3.8) is 0 Å². The van der Waals surface area contributed by atoms with Gasteiger partial charge in [0.05, 0.1) is 5.41 Å². The Labute approximate surface area is 80.7 Å². The summed E-state index contributed by atoms with van der Waals surface area (Å²) in [6, 6.07) is 0. The Kier molecular flexibility index (Phi) is 3.54. The predicted molar refractivity (Wildman–Crippen MR) is 53.1 cm³/mol. The van der Waals surface area contributed by atoms with Crippen molar-refractivity contribution in [3.8, 4) is 12.3 Å². The fourth-order valence-corrected chi connectivity index (χ4v) is 0.544. The van der Waals surface area contributed by atoms with Gasteiger partial charge in [-0.2, -0.15) is 0 Å². The molecule has 0 aromatic heterocycles. The Morgan fingerprint density at radius 2 is 1.85 bits per heavy atom. The van der Waals surface area contributed by atoms with E-state index in [0.29, 0.717) is 0 Å². The zero-order valence-corrected chi connectivity index (χ0v) is 9.10. The highest BCUT2D eigenvalue weighted by Crippen LogP contribution is 2.24. The molecule has 0 aliphatic carbocycles. The molecule has 13 heavy (non-hydrogen) atoms. The molecule has 0 aliphatic heterocycles. The topological polar surface area (TPSA) is 26.3 Å². The third-order valence-electron chi connectivity index (χ3n) is 2.13. The normalized spacial score (nSPS) is 12.0. The Hall–Kier alpha value is -0.970. The first-order chi connectivity index (χ1) is 5.75. The third-order valence-corrected chi connectivity index (χ3v) is 2.13. The van der Waals surface area contributed by atoms with Gasteiger partial charge in [0.15, 0.2) is 5.60 Å². The van der Waals surface area contributed by atoms with Crippen LogP contribution in [0.5, 0.6) is 0 Å². The quantitative estimate of drug-likeness (QED) is 0.495. The lowest BCUT2D eigenvalue weighted by molar-refractivity contribution is -0.162. The maximum absolute atomic E-state index is 11.6. The number of terminal acetylenes is 1. The standard InChI is InChI=1S/C11H18O2/c1-7-10(3,4)9(12)13-11(5,6)8-2/h2H,7H2,1,3-6H3. The average Bonchev–Trinajstić information content (AvgIpc) is 2.04. The van der Waals surface area contributed by atoms with E-state index in [9.17, 15) is 4.79 Å². The van der Waals surface area contributed by atoms with Gasteiger partial charge in [-0.25, -0.2) is 0 Å². The van der Waals surface area contributed by atoms with Crippen LogP contribution in [0.4, 0.5) is 0 Å². The number of esters is 1. The molecule has 0 bridgehead atoms. The fourth-order valence-electron chi connectivity index (χ4n) is 0.544. The molecule has 74 valence electrons. The molecule has 0 aliphatic rings. The molecule has 0 fully saturated rings. The minimum Gasteiger partial charge on any atom is -0.446 e. The van der Waals surface area contributed by atoms with Gasteiger partial charge < -0.3 is 4.74 Å². The number of hydrogen-bond donors (Lipinski definition) is 0. The monoisotopic (exact) mass is 182 g/mol. The van der Waals surface area contributed by atoms with E-state index in [4.69, 9.17) is 11.2 Å².